The highest BCUT2D eigenvalue weighted by atomic mass is 32.1. The summed E-state index contributed by atoms with van der Waals surface area (Å²) in [4.78, 5) is 18.2. The van der Waals surface area contributed by atoms with Crippen molar-refractivity contribution in [1.29, 1.82) is 0 Å². The topological polar surface area (TPSA) is 57.3 Å². The Labute approximate surface area is 98.9 Å². The lowest BCUT2D eigenvalue weighted by Gasteiger charge is -2.34. The van der Waals surface area contributed by atoms with Crippen molar-refractivity contribution in [1.82, 2.24) is 15.6 Å². The average molecular weight is 240 g/mol. The van der Waals surface area contributed by atoms with Crippen LogP contribution in [0.25, 0.3) is 0 Å². The SMILES string of the molecule is CCNC(=O)C1CNCCN1c1nccs1. The van der Waals surface area contributed by atoms with E-state index in [2.05, 4.69) is 20.5 Å². The average Bonchev–Trinajstić information content (AvgIpc) is 2.83. The Hall–Kier alpha value is -1.14. The summed E-state index contributed by atoms with van der Waals surface area (Å²) >= 11 is 1.58. The Morgan fingerprint density at radius 3 is 3.38 bits per heavy atom. The van der Waals surface area contributed by atoms with Crippen LogP contribution in [0.1, 0.15) is 6.92 Å². The number of anilines is 1. The number of hydrogen-bond donors (Lipinski definition) is 2. The molecular formula is C10H16N4OS. The zero-order chi connectivity index (χ0) is 11.4. The highest BCUT2D eigenvalue weighted by Crippen LogP contribution is 2.20. The summed E-state index contributed by atoms with van der Waals surface area (Å²) in [6.45, 7) is 5.01. The van der Waals surface area contributed by atoms with Crippen LogP contribution in [-0.4, -0.2) is 43.1 Å². The van der Waals surface area contributed by atoms with Crippen molar-refractivity contribution < 1.29 is 4.79 Å². The lowest BCUT2D eigenvalue weighted by molar-refractivity contribution is -0.122. The molecule has 1 aromatic rings. The van der Waals surface area contributed by atoms with Crippen LogP contribution in [0.5, 0.6) is 0 Å². The Balaban J connectivity index is 2.11. The molecule has 88 valence electrons. The number of carbonyl (C=O) groups excluding carboxylic acids is 1. The van der Waals surface area contributed by atoms with Crippen LogP contribution < -0.4 is 15.5 Å². The molecule has 0 saturated carbocycles. The number of likely N-dealkylation sites (N-methyl/N-ethyl adjacent to an activating group) is 1. The Morgan fingerprint density at radius 1 is 1.81 bits per heavy atom. The van der Waals surface area contributed by atoms with Crippen molar-refractivity contribution in [2.75, 3.05) is 31.1 Å². The number of nitrogens with one attached hydrogen (secondary N) is 2. The summed E-state index contributed by atoms with van der Waals surface area (Å²) in [5.74, 6) is 0.0740. The fraction of sp³-hybridized carbons (Fsp3) is 0.600. The number of aromatic nitrogens is 1. The normalized spacial score (nSPS) is 20.8. The minimum absolute atomic E-state index is 0.0740. The first kappa shape index (κ1) is 11.3. The molecule has 1 saturated heterocycles. The summed E-state index contributed by atoms with van der Waals surface area (Å²) in [7, 11) is 0. The first-order valence-corrected chi connectivity index (χ1v) is 6.35. The molecule has 0 bridgehead atoms. The van der Waals surface area contributed by atoms with E-state index in [1.807, 2.05) is 12.3 Å². The van der Waals surface area contributed by atoms with E-state index in [0.29, 0.717) is 13.1 Å². The van der Waals surface area contributed by atoms with Gasteiger partial charge in [0.2, 0.25) is 5.91 Å². The van der Waals surface area contributed by atoms with Crippen LogP contribution in [0.3, 0.4) is 0 Å². The smallest absolute Gasteiger partial charge is 0.244 e. The van der Waals surface area contributed by atoms with Crippen molar-refractivity contribution in [3.8, 4) is 0 Å². The van der Waals surface area contributed by atoms with Gasteiger partial charge in [-0.25, -0.2) is 4.98 Å². The van der Waals surface area contributed by atoms with Gasteiger partial charge in [0, 0.05) is 37.8 Å². The van der Waals surface area contributed by atoms with E-state index in [1.165, 1.54) is 0 Å². The zero-order valence-corrected chi connectivity index (χ0v) is 10.1. The van der Waals surface area contributed by atoms with Gasteiger partial charge in [-0.3, -0.25) is 4.79 Å². The Morgan fingerprint density at radius 2 is 2.69 bits per heavy atom. The van der Waals surface area contributed by atoms with Crippen LogP contribution in [0.15, 0.2) is 11.6 Å². The van der Waals surface area contributed by atoms with Gasteiger partial charge >= 0.3 is 0 Å². The van der Waals surface area contributed by atoms with Crippen LogP contribution in [0.2, 0.25) is 0 Å². The number of nitrogens with zero attached hydrogens (tertiary/aromatic N) is 2. The molecule has 0 aliphatic carbocycles. The molecule has 1 fully saturated rings. The first-order chi connectivity index (χ1) is 7.83. The van der Waals surface area contributed by atoms with Gasteiger partial charge in [-0.2, -0.15) is 0 Å². The predicted molar refractivity (Wildman–Crippen MR) is 64.8 cm³/mol. The number of piperazine rings is 1. The van der Waals surface area contributed by atoms with Gasteiger partial charge in [0.1, 0.15) is 6.04 Å². The molecule has 16 heavy (non-hydrogen) atoms. The van der Waals surface area contributed by atoms with Gasteiger partial charge in [0.25, 0.3) is 0 Å². The maximum absolute atomic E-state index is 11.9. The third kappa shape index (κ3) is 2.33. The van der Waals surface area contributed by atoms with Crippen LogP contribution in [-0.2, 0) is 4.79 Å². The molecule has 1 atom stereocenters. The van der Waals surface area contributed by atoms with E-state index < -0.39 is 0 Å². The highest BCUT2D eigenvalue weighted by molar-refractivity contribution is 7.13. The second-order valence-electron chi connectivity index (χ2n) is 3.62. The molecule has 0 spiro atoms. The number of carbonyl (C=O) groups is 1. The van der Waals surface area contributed by atoms with Crippen molar-refractivity contribution in [3.63, 3.8) is 0 Å². The minimum atomic E-state index is -0.139. The lowest BCUT2D eigenvalue weighted by atomic mass is 10.2. The van der Waals surface area contributed by atoms with Gasteiger partial charge in [0.15, 0.2) is 5.13 Å². The van der Waals surface area contributed by atoms with Crippen LogP contribution >= 0.6 is 11.3 Å². The van der Waals surface area contributed by atoms with Crippen LogP contribution in [0, 0.1) is 0 Å². The van der Waals surface area contributed by atoms with E-state index in [9.17, 15) is 4.79 Å². The molecule has 1 amide bonds. The summed E-state index contributed by atoms with van der Waals surface area (Å²) < 4.78 is 0. The van der Waals surface area contributed by atoms with Gasteiger partial charge < -0.3 is 15.5 Å². The van der Waals surface area contributed by atoms with E-state index in [4.69, 9.17) is 0 Å². The largest absolute Gasteiger partial charge is 0.355 e. The fourth-order valence-electron chi connectivity index (χ4n) is 1.82. The molecule has 6 heteroatoms. The molecular weight excluding hydrogens is 224 g/mol. The molecule has 1 aliphatic heterocycles. The maximum Gasteiger partial charge on any atom is 0.244 e. The third-order valence-electron chi connectivity index (χ3n) is 2.56. The quantitative estimate of drug-likeness (QED) is 0.784. The lowest BCUT2D eigenvalue weighted by Crippen LogP contribution is -2.58. The molecule has 0 radical (unpaired) electrons. The van der Waals surface area contributed by atoms with Gasteiger partial charge in [-0.1, -0.05) is 0 Å². The van der Waals surface area contributed by atoms with E-state index in [1.54, 1.807) is 17.5 Å². The van der Waals surface area contributed by atoms with E-state index in [0.717, 1.165) is 18.2 Å². The number of hydrogen-bond acceptors (Lipinski definition) is 5. The zero-order valence-electron chi connectivity index (χ0n) is 9.27. The minimum Gasteiger partial charge on any atom is -0.355 e. The van der Waals surface area contributed by atoms with Crippen molar-refractivity contribution in [2.45, 2.75) is 13.0 Å². The summed E-state index contributed by atoms with van der Waals surface area (Å²) in [6, 6.07) is -0.139. The predicted octanol–water partition coefficient (Wildman–Crippen LogP) is 0.0574. The molecule has 1 aromatic heterocycles. The number of thiazole rings is 1. The second-order valence-corrected chi connectivity index (χ2v) is 4.50. The van der Waals surface area contributed by atoms with Gasteiger partial charge in [-0.05, 0) is 6.92 Å². The molecule has 0 aromatic carbocycles. The molecule has 1 aliphatic rings. The fourth-order valence-corrected chi connectivity index (χ4v) is 2.54. The van der Waals surface area contributed by atoms with Crippen molar-refractivity contribution in [3.05, 3.63) is 11.6 Å². The summed E-state index contributed by atoms with van der Waals surface area (Å²) in [6.07, 6.45) is 1.77. The Bertz CT molecular complexity index is 341. The molecule has 2 N–H and O–H groups in total. The summed E-state index contributed by atoms with van der Waals surface area (Å²) in [5, 5.41) is 8.97. The first-order valence-electron chi connectivity index (χ1n) is 5.47. The number of rotatable bonds is 3. The second kappa shape index (κ2) is 5.27. The van der Waals surface area contributed by atoms with Crippen molar-refractivity contribution >= 4 is 22.4 Å². The molecule has 2 rings (SSSR count). The number of amides is 1. The molecule has 2 heterocycles. The van der Waals surface area contributed by atoms with E-state index in [-0.39, 0.29) is 11.9 Å². The summed E-state index contributed by atoms with van der Waals surface area (Å²) in [5.41, 5.74) is 0. The van der Waals surface area contributed by atoms with Gasteiger partial charge in [0.05, 0.1) is 0 Å². The Kier molecular flexibility index (Phi) is 3.74. The third-order valence-corrected chi connectivity index (χ3v) is 3.37. The molecule has 5 nitrogen and oxygen atoms in total. The monoisotopic (exact) mass is 240 g/mol. The standard InChI is InChI=1S/C10H16N4OS/c1-2-12-9(15)8-7-11-3-5-14(8)10-13-4-6-16-10/h4,6,8,11H,2-3,5,7H2,1H3,(H,12,15). The maximum atomic E-state index is 11.9. The van der Waals surface area contributed by atoms with E-state index >= 15 is 0 Å². The van der Waals surface area contributed by atoms with Crippen molar-refractivity contribution in [2.24, 2.45) is 0 Å². The highest BCUT2D eigenvalue weighted by Gasteiger charge is 2.29. The molecule has 1 unspecified atom stereocenters. The van der Waals surface area contributed by atoms with Gasteiger partial charge in [-0.15, -0.1) is 11.3 Å². The van der Waals surface area contributed by atoms with Crippen LogP contribution in [0.4, 0.5) is 5.13 Å².